The van der Waals surface area contributed by atoms with Gasteiger partial charge in [0.25, 0.3) is 0 Å². The quantitative estimate of drug-likeness (QED) is 0.218. The smallest absolute Gasteiger partial charge is 0.334 e. The Bertz CT molecular complexity index is 388. The largest absolute Gasteiger partial charge is 0.463 e. The van der Waals surface area contributed by atoms with Crippen molar-refractivity contribution in [1.82, 2.24) is 0 Å². The molecule has 0 saturated carbocycles. The van der Waals surface area contributed by atoms with E-state index in [4.69, 9.17) is 9.26 Å². The fourth-order valence-corrected chi connectivity index (χ4v) is 5.01. The number of allylic oxidation sites excluding steroid dienone is 1. The Balaban J connectivity index is 5.04. The zero-order chi connectivity index (χ0) is 17.0. The molecule has 0 bridgehead atoms. The van der Waals surface area contributed by atoms with E-state index in [9.17, 15) is 9.36 Å². The molecule has 5 heteroatoms. The fourth-order valence-electron chi connectivity index (χ4n) is 2.32. The summed E-state index contributed by atoms with van der Waals surface area (Å²) in [5.41, 5.74) is 0.510. The van der Waals surface area contributed by atoms with E-state index in [1.807, 2.05) is 26.8 Å². The van der Waals surface area contributed by atoms with Crippen LogP contribution in [-0.2, 0) is 18.6 Å². The number of esters is 1. The number of hydrogen-bond acceptors (Lipinski definition) is 4. The predicted octanol–water partition coefficient (Wildman–Crippen LogP) is 5.03. The maximum atomic E-state index is 13.0. The molecule has 0 fully saturated rings. The molecule has 0 amide bonds. The van der Waals surface area contributed by atoms with Gasteiger partial charge in [-0.1, -0.05) is 39.7 Å². The zero-order valence-corrected chi connectivity index (χ0v) is 15.8. The number of ether oxygens (including phenoxy) is 1. The lowest BCUT2D eigenvalue weighted by molar-refractivity contribution is -0.138. The Kier molecular flexibility index (Phi) is 11.6. The number of carbonyl (C=O) groups is 1. The van der Waals surface area contributed by atoms with Crippen LogP contribution in [0, 0.1) is 5.92 Å². The van der Waals surface area contributed by atoms with Crippen LogP contribution in [-0.4, -0.2) is 31.5 Å². The Morgan fingerprint density at radius 1 is 1.14 bits per heavy atom. The molecule has 0 radical (unpaired) electrons. The average Bonchev–Trinajstić information content (AvgIpc) is 2.41. The zero-order valence-electron chi connectivity index (χ0n) is 14.9. The van der Waals surface area contributed by atoms with Crippen molar-refractivity contribution in [3.63, 3.8) is 0 Å². The van der Waals surface area contributed by atoms with Gasteiger partial charge in [-0.25, -0.2) is 4.79 Å². The van der Waals surface area contributed by atoms with E-state index >= 15 is 0 Å². The minimum absolute atomic E-state index is 0.185. The molecule has 0 aromatic rings. The van der Waals surface area contributed by atoms with Gasteiger partial charge in [-0.05, 0) is 32.6 Å². The van der Waals surface area contributed by atoms with Crippen LogP contribution >= 0.6 is 7.37 Å². The van der Waals surface area contributed by atoms with Gasteiger partial charge >= 0.3 is 5.97 Å². The standard InChI is InChI=1S/C17H33O4P/c1-6-9-10-11-12-16(17(18)20-7-2)14-22(19,21-8-3)13-15(4)5/h12,15H,6-11,13-14H2,1-5H3. The average molecular weight is 332 g/mol. The Hall–Kier alpha value is -0.600. The van der Waals surface area contributed by atoms with Crippen LogP contribution in [0.4, 0.5) is 0 Å². The first-order valence-corrected chi connectivity index (χ1v) is 10.5. The molecule has 0 aliphatic rings. The van der Waals surface area contributed by atoms with E-state index in [2.05, 4.69) is 6.92 Å². The predicted molar refractivity (Wildman–Crippen MR) is 92.7 cm³/mol. The van der Waals surface area contributed by atoms with E-state index in [0.29, 0.717) is 24.9 Å². The highest BCUT2D eigenvalue weighted by molar-refractivity contribution is 7.59. The molecule has 4 nitrogen and oxygen atoms in total. The summed E-state index contributed by atoms with van der Waals surface area (Å²) in [5, 5.41) is 0. The molecule has 1 unspecified atom stereocenters. The summed E-state index contributed by atoms with van der Waals surface area (Å²) < 4.78 is 23.6. The summed E-state index contributed by atoms with van der Waals surface area (Å²) in [6.45, 7) is 10.5. The van der Waals surface area contributed by atoms with Gasteiger partial charge in [0.2, 0.25) is 7.37 Å². The number of rotatable bonds is 12. The molecule has 130 valence electrons. The van der Waals surface area contributed by atoms with Crippen LogP contribution in [0.15, 0.2) is 11.6 Å². The van der Waals surface area contributed by atoms with Crippen LogP contribution < -0.4 is 0 Å². The minimum atomic E-state index is -2.83. The lowest BCUT2D eigenvalue weighted by atomic mass is 10.1. The molecular formula is C17H33O4P. The first-order chi connectivity index (χ1) is 10.4. The third kappa shape index (κ3) is 9.42. The molecule has 0 aromatic carbocycles. The van der Waals surface area contributed by atoms with Crippen molar-refractivity contribution in [2.24, 2.45) is 5.92 Å². The first kappa shape index (κ1) is 21.4. The summed E-state index contributed by atoms with van der Waals surface area (Å²) in [7, 11) is -2.83. The fraction of sp³-hybridized carbons (Fsp3) is 0.824. The molecule has 0 aliphatic carbocycles. The van der Waals surface area contributed by atoms with Crippen molar-refractivity contribution < 1.29 is 18.6 Å². The summed E-state index contributed by atoms with van der Waals surface area (Å²) in [5.74, 6) is -0.0939. The van der Waals surface area contributed by atoms with E-state index in [-0.39, 0.29) is 18.0 Å². The Morgan fingerprint density at radius 3 is 2.32 bits per heavy atom. The lowest BCUT2D eigenvalue weighted by Gasteiger charge is -2.20. The lowest BCUT2D eigenvalue weighted by Crippen LogP contribution is -2.14. The maximum absolute atomic E-state index is 13.0. The Labute approximate surface area is 136 Å². The minimum Gasteiger partial charge on any atom is -0.463 e. The summed E-state index contributed by atoms with van der Waals surface area (Å²) in [4.78, 5) is 12.1. The normalized spacial score (nSPS) is 14.9. The SMILES string of the molecule is CCCCCC=C(CP(=O)(CC(C)C)OCC)C(=O)OCC. The molecule has 0 spiro atoms. The van der Waals surface area contributed by atoms with Gasteiger partial charge in [-0.3, -0.25) is 4.57 Å². The molecule has 0 rings (SSSR count). The summed E-state index contributed by atoms with van der Waals surface area (Å²) >= 11 is 0. The van der Waals surface area contributed by atoms with E-state index in [0.717, 1.165) is 25.7 Å². The third-order valence-corrected chi connectivity index (χ3v) is 5.99. The number of unbranched alkanes of at least 4 members (excludes halogenated alkanes) is 3. The molecule has 0 aromatic heterocycles. The first-order valence-electron chi connectivity index (χ1n) is 8.47. The maximum Gasteiger partial charge on any atom is 0.334 e. The topological polar surface area (TPSA) is 52.6 Å². The number of hydrogen-bond donors (Lipinski definition) is 0. The summed E-state index contributed by atoms with van der Waals surface area (Å²) in [6, 6.07) is 0. The van der Waals surface area contributed by atoms with Crippen molar-refractivity contribution in [1.29, 1.82) is 0 Å². The molecular weight excluding hydrogens is 299 g/mol. The molecule has 0 aliphatic heterocycles. The van der Waals surface area contributed by atoms with Crippen LogP contribution in [0.3, 0.4) is 0 Å². The van der Waals surface area contributed by atoms with Crippen molar-refractivity contribution in [3.8, 4) is 0 Å². The van der Waals surface area contributed by atoms with Gasteiger partial charge < -0.3 is 9.26 Å². The Morgan fingerprint density at radius 2 is 1.82 bits per heavy atom. The van der Waals surface area contributed by atoms with E-state index in [1.54, 1.807) is 6.92 Å². The van der Waals surface area contributed by atoms with Crippen LogP contribution in [0.5, 0.6) is 0 Å². The van der Waals surface area contributed by atoms with Crippen LogP contribution in [0.1, 0.15) is 60.3 Å². The molecule has 0 N–H and O–H groups in total. The molecule has 1 atom stereocenters. The van der Waals surface area contributed by atoms with Crippen molar-refractivity contribution >= 4 is 13.3 Å². The van der Waals surface area contributed by atoms with Crippen LogP contribution in [0.25, 0.3) is 0 Å². The summed E-state index contributed by atoms with van der Waals surface area (Å²) in [6.07, 6.45) is 6.67. The van der Waals surface area contributed by atoms with Crippen LogP contribution in [0.2, 0.25) is 0 Å². The third-order valence-electron chi connectivity index (χ3n) is 3.15. The number of carbonyl (C=O) groups excluding carboxylic acids is 1. The highest BCUT2D eigenvalue weighted by Crippen LogP contribution is 2.50. The van der Waals surface area contributed by atoms with Crippen molar-refractivity contribution in [3.05, 3.63) is 11.6 Å². The van der Waals surface area contributed by atoms with Crippen molar-refractivity contribution in [2.45, 2.75) is 60.3 Å². The van der Waals surface area contributed by atoms with Gasteiger partial charge in [0.1, 0.15) is 0 Å². The second-order valence-electron chi connectivity index (χ2n) is 5.91. The monoisotopic (exact) mass is 332 g/mol. The van der Waals surface area contributed by atoms with Gasteiger partial charge in [0.15, 0.2) is 0 Å². The van der Waals surface area contributed by atoms with Crippen molar-refractivity contribution in [2.75, 3.05) is 25.5 Å². The van der Waals surface area contributed by atoms with Gasteiger partial charge in [-0.2, -0.15) is 0 Å². The second-order valence-corrected chi connectivity index (χ2v) is 8.48. The van der Waals surface area contributed by atoms with E-state index < -0.39 is 7.37 Å². The van der Waals surface area contributed by atoms with E-state index in [1.165, 1.54) is 0 Å². The van der Waals surface area contributed by atoms with Gasteiger partial charge in [0, 0.05) is 11.7 Å². The molecule has 0 saturated heterocycles. The highest BCUT2D eigenvalue weighted by atomic mass is 31.2. The molecule has 0 heterocycles. The molecule has 22 heavy (non-hydrogen) atoms. The second kappa shape index (κ2) is 11.9. The highest BCUT2D eigenvalue weighted by Gasteiger charge is 2.28. The van der Waals surface area contributed by atoms with Gasteiger partial charge in [-0.15, -0.1) is 0 Å². The van der Waals surface area contributed by atoms with Gasteiger partial charge in [0.05, 0.1) is 19.4 Å².